The number of phenolic OH excluding ortho intramolecular Hbond substituents is 1. The fraction of sp³-hybridized carbons (Fsp3) is 0.400. The van der Waals surface area contributed by atoms with E-state index in [1.165, 1.54) is 0 Å². The molecule has 3 aliphatic heterocycles. The lowest BCUT2D eigenvalue weighted by Crippen LogP contribution is -2.14. The Balaban J connectivity index is 1.40. The lowest BCUT2D eigenvalue weighted by Gasteiger charge is -2.17. The predicted molar refractivity (Wildman–Crippen MR) is 91.6 cm³/mol. The summed E-state index contributed by atoms with van der Waals surface area (Å²) in [6, 6.07) is 11.4. The first-order valence-corrected chi connectivity index (χ1v) is 8.74. The third-order valence-corrected chi connectivity index (χ3v) is 5.52. The molecule has 2 aromatic rings. The number of phenols is 1. The van der Waals surface area contributed by atoms with Crippen LogP contribution in [-0.4, -0.2) is 32.2 Å². The summed E-state index contributed by atoms with van der Waals surface area (Å²) in [6.45, 7) is 1.54. The van der Waals surface area contributed by atoms with Gasteiger partial charge in [0.2, 0.25) is 6.79 Å². The lowest BCUT2D eigenvalue weighted by atomic mass is 9.85. The van der Waals surface area contributed by atoms with Crippen LogP contribution >= 0.6 is 0 Å². The molecular weight excluding hydrogens is 336 g/mol. The van der Waals surface area contributed by atoms with Crippen LogP contribution in [0, 0.1) is 11.8 Å². The van der Waals surface area contributed by atoms with Crippen molar-refractivity contribution in [3.05, 3.63) is 47.5 Å². The number of hydrogen-bond donors (Lipinski definition) is 1. The summed E-state index contributed by atoms with van der Waals surface area (Å²) in [7, 11) is 1.55. The quantitative estimate of drug-likeness (QED) is 0.911. The van der Waals surface area contributed by atoms with Gasteiger partial charge in [0, 0.05) is 11.8 Å². The first-order chi connectivity index (χ1) is 12.7. The van der Waals surface area contributed by atoms with E-state index in [1.807, 2.05) is 30.3 Å². The van der Waals surface area contributed by atoms with Crippen molar-refractivity contribution in [1.82, 2.24) is 0 Å². The van der Waals surface area contributed by atoms with Crippen LogP contribution in [0.3, 0.4) is 0 Å². The highest BCUT2D eigenvalue weighted by Gasteiger charge is 2.48. The summed E-state index contributed by atoms with van der Waals surface area (Å²) in [5.41, 5.74) is 2.09. The van der Waals surface area contributed by atoms with Crippen LogP contribution in [-0.2, 0) is 9.47 Å². The largest absolute Gasteiger partial charge is 0.504 e. The number of benzene rings is 2. The second-order valence-electron chi connectivity index (χ2n) is 6.88. The number of aromatic hydroxyl groups is 1. The molecule has 2 aromatic carbocycles. The van der Waals surface area contributed by atoms with Crippen molar-refractivity contribution in [2.45, 2.75) is 12.2 Å². The lowest BCUT2D eigenvalue weighted by molar-refractivity contribution is 0.0191. The number of methoxy groups -OCH3 is 1. The van der Waals surface area contributed by atoms with Gasteiger partial charge in [-0.2, -0.15) is 0 Å². The van der Waals surface area contributed by atoms with Crippen molar-refractivity contribution in [3.8, 4) is 23.0 Å². The Labute approximate surface area is 151 Å². The molecule has 6 heteroatoms. The van der Waals surface area contributed by atoms with E-state index in [4.69, 9.17) is 23.7 Å². The van der Waals surface area contributed by atoms with Crippen molar-refractivity contribution < 1.29 is 28.8 Å². The maximum absolute atomic E-state index is 9.82. The molecule has 4 atom stereocenters. The average molecular weight is 356 g/mol. The molecule has 0 bridgehead atoms. The Morgan fingerprint density at radius 1 is 0.885 bits per heavy atom. The van der Waals surface area contributed by atoms with E-state index in [2.05, 4.69) is 0 Å². The monoisotopic (exact) mass is 356 g/mol. The molecule has 0 spiro atoms. The summed E-state index contributed by atoms with van der Waals surface area (Å²) in [5.74, 6) is 2.68. The highest BCUT2D eigenvalue weighted by molar-refractivity contribution is 5.46. The fourth-order valence-electron chi connectivity index (χ4n) is 4.20. The zero-order valence-corrected chi connectivity index (χ0v) is 14.4. The van der Waals surface area contributed by atoms with Crippen molar-refractivity contribution in [3.63, 3.8) is 0 Å². The second-order valence-corrected chi connectivity index (χ2v) is 6.88. The zero-order chi connectivity index (χ0) is 17.7. The summed E-state index contributed by atoms with van der Waals surface area (Å²) >= 11 is 0. The highest BCUT2D eigenvalue weighted by atomic mass is 16.7. The molecule has 26 heavy (non-hydrogen) atoms. The van der Waals surface area contributed by atoms with Gasteiger partial charge in [0.05, 0.1) is 32.5 Å². The van der Waals surface area contributed by atoms with E-state index < -0.39 is 0 Å². The van der Waals surface area contributed by atoms with Crippen LogP contribution in [0.4, 0.5) is 0 Å². The molecule has 0 saturated carbocycles. The topological polar surface area (TPSA) is 66.4 Å². The highest BCUT2D eigenvalue weighted by Crippen LogP contribution is 2.51. The summed E-state index contributed by atoms with van der Waals surface area (Å²) < 4.78 is 28.4. The van der Waals surface area contributed by atoms with E-state index in [9.17, 15) is 5.11 Å². The van der Waals surface area contributed by atoms with Gasteiger partial charge in [0.1, 0.15) is 0 Å². The second kappa shape index (κ2) is 6.07. The summed E-state index contributed by atoms with van der Waals surface area (Å²) in [5, 5.41) is 9.82. The van der Waals surface area contributed by atoms with Gasteiger partial charge >= 0.3 is 0 Å². The van der Waals surface area contributed by atoms with Crippen LogP contribution < -0.4 is 14.2 Å². The minimum atomic E-state index is -0.0616. The first kappa shape index (κ1) is 15.8. The van der Waals surface area contributed by atoms with Crippen LogP contribution in [0.1, 0.15) is 23.3 Å². The SMILES string of the molecule is COc1cc([C@H]2OC[C@@H]3[C@H]2CO[C@H]3c2ccc3c(c2)OCO3)ccc1O. The third-order valence-electron chi connectivity index (χ3n) is 5.52. The van der Waals surface area contributed by atoms with Crippen molar-refractivity contribution >= 4 is 0 Å². The van der Waals surface area contributed by atoms with E-state index in [1.54, 1.807) is 13.2 Å². The van der Waals surface area contributed by atoms with E-state index in [0.29, 0.717) is 19.0 Å². The number of hydrogen-bond acceptors (Lipinski definition) is 6. The molecule has 136 valence electrons. The Morgan fingerprint density at radius 3 is 2.27 bits per heavy atom. The minimum absolute atomic E-state index is 0.0153. The molecule has 3 heterocycles. The van der Waals surface area contributed by atoms with Gasteiger partial charge in [-0.25, -0.2) is 0 Å². The maximum Gasteiger partial charge on any atom is 0.231 e. The number of fused-ring (bicyclic) bond motifs is 2. The zero-order valence-electron chi connectivity index (χ0n) is 14.4. The molecule has 6 nitrogen and oxygen atoms in total. The van der Waals surface area contributed by atoms with Crippen molar-refractivity contribution in [2.75, 3.05) is 27.1 Å². The van der Waals surface area contributed by atoms with E-state index >= 15 is 0 Å². The third kappa shape index (κ3) is 2.40. The molecule has 3 aliphatic rings. The maximum atomic E-state index is 9.82. The van der Waals surface area contributed by atoms with Crippen LogP contribution in [0.5, 0.6) is 23.0 Å². The fourth-order valence-corrected chi connectivity index (χ4v) is 4.20. The summed E-state index contributed by atoms with van der Waals surface area (Å²) in [4.78, 5) is 0. The Bertz CT molecular complexity index is 810. The van der Waals surface area contributed by atoms with Gasteiger partial charge in [0.25, 0.3) is 0 Å². The molecule has 2 fully saturated rings. The first-order valence-electron chi connectivity index (χ1n) is 8.74. The number of rotatable bonds is 3. The Hall–Kier alpha value is -2.44. The normalized spacial score (nSPS) is 29.0. The van der Waals surface area contributed by atoms with Crippen LogP contribution in [0.25, 0.3) is 0 Å². The van der Waals surface area contributed by atoms with E-state index in [-0.39, 0.29) is 36.6 Å². The molecule has 0 aromatic heterocycles. The van der Waals surface area contributed by atoms with Crippen LogP contribution in [0.15, 0.2) is 36.4 Å². The number of ether oxygens (including phenoxy) is 5. The molecule has 5 rings (SSSR count). The van der Waals surface area contributed by atoms with Gasteiger partial charge in [-0.15, -0.1) is 0 Å². The average Bonchev–Trinajstić information content (AvgIpc) is 3.37. The minimum Gasteiger partial charge on any atom is -0.504 e. The molecular formula is C20H20O6. The van der Waals surface area contributed by atoms with Crippen molar-refractivity contribution in [1.29, 1.82) is 0 Å². The molecule has 0 unspecified atom stereocenters. The molecule has 0 radical (unpaired) electrons. The van der Waals surface area contributed by atoms with Gasteiger partial charge < -0.3 is 28.8 Å². The van der Waals surface area contributed by atoms with E-state index in [0.717, 1.165) is 22.6 Å². The van der Waals surface area contributed by atoms with Gasteiger partial charge in [-0.05, 0) is 35.4 Å². The van der Waals surface area contributed by atoms with Crippen molar-refractivity contribution in [2.24, 2.45) is 11.8 Å². The smallest absolute Gasteiger partial charge is 0.231 e. The summed E-state index contributed by atoms with van der Waals surface area (Å²) in [6.07, 6.45) is -0.0768. The van der Waals surface area contributed by atoms with Gasteiger partial charge in [-0.3, -0.25) is 0 Å². The molecule has 2 saturated heterocycles. The molecule has 1 N–H and O–H groups in total. The van der Waals surface area contributed by atoms with Gasteiger partial charge in [0.15, 0.2) is 23.0 Å². The van der Waals surface area contributed by atoms with Gasteiger partial charge in [-0.1, -0.05) is 12.1 Å². The predicted octanol–water partition coefficient (Wildman–Crippen LogP) is 3.20. The van der Waals surface area contributed by atoms with Crippen LogP contribution in [0.2, 0.25) is 0 Å². The Morgan fingerprint density at radius 2 is 1.54 bits per heavy atom. The molecule has 0 amide bonds. The Kier molecular flexibility index (Phi) is 3.69. The molecule has 0 aliphatic carbocycles. The standard InChI is InChI=1S/C20H20O6/c1-22-17-6-11(2-4-15(17)21)19-13-8-24-20(14(13)9-23-19)12-3-5-16-18(7-12)26-10-25-16/h2-7,13-14,19-21H,8-10H2,1H3/t13-,14-,19-,20+/m1/s1.